The van der Waals surface area contributed by atoms with Gasteiger partial charge in [-0.1, -0.05) is 0 Å². The van der Waals surface area contributed by atoms with Gasteiger partial charge in [-0.3, -0.25) is 0 Å². The van der Waals surface area contributed by atoms with Crippen LogP contribution in [0, 0.1) is 0 Å². The van der Waals surface area contributed by atoms with Gasteiger partial charge in [0.15, 0.2) is 0 Å². The first kappa shape index (κ1) is 8.59. The molecule has 0 amide bonds. The van der Waals surface area contributed by atoms with E-state index >= 15 is 0 Å². The summed E-state index contributed by atoms with van der Waals surface area (Å²) in [5, 5.41) is 0. The molecule has 0 spiro atoms. The van der Waals surface area contributed by atoms with Gasteiger partial charge in [-0.2, -0.15) is 0 Å². The fraction of sp³-hybridized carbons (Fsp3) is 0.833. The topological polar surface area (TPSA) is 70.7 Å². The number of carbonyl (C=O) groups excluding carboxylic acids is 1. The van der Waals surface area contributed by atoms with Crippen LogP contribution >= 0.6 is 0 Å². The predicted octanol–water partition coefficient (Wildman–Crippen LogP) is -1.08. The molecule has 0 aromatic rings. The molecule has 0 fully saturated rings. The number of aldehydes is 1. The average Bonchev–Trinajstić information content (AvgIpc) is 1.89. The molecule has 0 aliphatic rings. The molecule has 0 saturated carbocycles. The van der Waals surface area contributed by atoms with Gasteiger partial charge in [0.2, 0.25) is 0 Å². The van der Waals surface area contributed by atoms with Crippen LogP contribution in [0.25, 0.3) is 0 Å². The van der Waals surface area contributed by atoms with Crippen molar-refractivity contribution in [1.82, 2.24) is 0 Å². The lowest BCUT2D eigenvalue weighted by molar-refractivity contribution is -0.368. The van der Waals surface area contributed by atoms with Crippen LogP contribution in [0.3, 0.4) is 0 Å². The Bertz CT molecular complexity index is 75.5. The molecule has 1 atom stereocenters. The van der Waals surface area contributed by atoms with E-state index in [1.54, 1.807) is 0 Å². The van der Waals surface area contributed by atoms with E-state index in [4.69, 9.17) is 5.73 Å². The van der Waals surface area contributed by atoms with Crippen LogP contribution in [0.15, 0.2) is 0 Å². The van der Waals surface area contributed by atoms with E-state index in [9.17, 15) is 4.79 Å². The zero-order valence-electron chi connectivity index (χ0n) is 5.68. The lowest BCUT2D eigenvalue weighted by Gasteiger charge is -1.99. The Balaban J connectivity index is 2.96. The average molecular weight is 131 g/mol. The summed E-state index contributed by atoms with van der Waals surface area (Å²) in [5.41, 5.74) is 9.00. The summed E-state index contributed by atoms with van der Waals surface area (Å²) in [6, 6.07) is -0.253. The molecular weight excluding hydrogens is 116 g/mol. The third-order valence-corrected chi connectivity index (χ3v) is 1.21. The molecular formula is C6H15N2O+. The van der Waals surface area contributed by atoms with Crippen molar-refractivity contribution < 1.29 is 10.5 Å². The van der Waals surface area contributed by atoms with Crippen molar-refractivity contribution in [1.29, 1.82) is 0 Å². The molecule has 0 radical (unpaired) electrons. The van der Waals surface area contributed by atoms with Gasteiger partial charge in [-0.15, -0.1) is 0 Å². The van der Waals surface area contributed by atoms with Gasteiger partial charge in [0.25, 0.3) is 0 Å². The van der Waals surface area contributed by atoms with Crippen molar-refractivity contribution >= 4 is 6.29 Å². The Morgan fingerprint density at radius 3 is 2.67 bits per heavy atom. The van der Waals surface area contributed by atoms with Crippen LogP contribution in [-0.4, -0.2) is 18.9 Å². The summed E-state index contributed by atoms with van der Waals surface area (Å²) < 4.78 is 0. The van der Waals surface area contributed by atoms with Crippen LogP contribution in [0.2, 0.25) is 0 Å². The second kappa shape index (κ2) is 5.72. The largest absolute Gasteiger partial charge is 0.358 e. The van der Waals surface area contributed by atoms with Gasteiger partial charge >= 0.3 is 0 Å². The van der Waals surface area contributed by atoms with Crippen molar-refractivity contribution in [3.8, 4) is 0 Å². The van der Waals surface area contributed by atoms with Gasteiger partial charge in [0.05, 0.1) is 12.6 Å². The molecule has 0 aromatic heterocycles. The Kier molecular flexibility index (Phi) is 5.46. The second-order valence-electron chi connectivity index (χ2n) is 2.15. The fourth-order valence-corrected chi connectivity index (χ4v) is 0.625. The number of nitrogens with two attached hydrogens (primary N) is 1. The first-order chi connectivity index (χ1) is 4.31. The quantitative estimate of drug-likeness (QED) is 0.368. The van der Waals surface area contributed by atoms with Crippen molar-refractivity contribution in [2.75, 3.05) is 6.54 Å². The van der Waals surface area contributed by atoms with Gasteiger partial charge in [0.1, 0.15) is 6.29 Å². The lowest BCUT2D eigenvalue weighted by Crippen LogP contribution is -2.50. The predicted molar refractivity (Wildman–Crippen MR) is 35.6 cm³/mol. The van der Waals surface area contributed by atoms with Crippen LogP contribution in [0.4, 0.5) is 0 Å². The highest BCUT2D eigenvalue weighted by Crippen LogP contribution is 1.93. The van der Waals surface area contributed by atoms with Crippen LogP contribution in [0.5, 0.6) is 0 Å². The lowest BCUT2D eigenvalue weighted by atomic mass is 10.1. The van der Waals surface area contributed by atoms with Crippen molar-refractivity contribution in [2.24, 2.45) is 5.73 Å². The molecule has 0 aliphatic heterocycles. The molecule has 0 bridgehead atoms. The summed E-state index contributed by atoms with van der Waals surface area (Å²) >= 11 is 0. The highest BCUT2D eigenvalue weighted by molar-refractivity contribution is 5.56. The number of hydrogen-bond donors (Lipinski definition) is 2. The van der Waals surface area contributed by atoms with E-state index in [1.165, 1.54) is 0 Å². The number of quaternary nitrogens is 1. The number of unbranched alkanes of at least 4 members (excludes halogenated alkanes) is 1. The molecule has 0 rings (SSSR count). The summed E-state index contributed by atoms with van der Waals surface area (Å²) in [6.07, 6.45) is 3.69. The molecule has 0 aliphatic carbocycles. The van der Waals surface area contributed by atoms with Crippen LogP contribution in [0.1, 0.15) is 19.3 Å². The van der Waals surface area contributed by atoms with E-state index < -0.39 is 0 Å². The zero-order chi connectivity index (χ0) is 7.11. The normalized spacial score (nSPS) is 13.1. The third kappa shape index (κ3) is 5.46. The van der Waals surface area contributed by atoms with Gasteiger partial charge in [0, 0.05) is 0 Å². The van der Waals surface area contributed by atoms with Crippen molar-refractivity contribution in [2.45, 2.75) is 25.3 Å². The fourth-order valence-electron chi connectivity index (χ4n) is 0.625. The molecule has 0 saturated heterocycles. The second-order valence-corrected chi connectivity index (χ2v) is 2.15. The zero-order valence-corrected chi connectivity index (χ0v) is 5.68. The maximum atomic E-state index is 9.96. The first-order valence-electron chi connectivity index (χ1n) is 3.31. The van der Waals surface area contributed by atoms with E-state index in [2.05, 4.69) is 5.73 Å². The SMILES string of the molecule is NC(C=O)CCCC[NH3+]. The molecule has 0 heterocycles. The van der Waals surface area contributed by atoms with E-state index in [0.29, 0.717) is 0 Å². The summed E-state index contributed by atoms with van der Waals surface area (Å²) in [7, 11) is 0. The minimum absolute atomic E-state index is 0.253. The summed E-state index contributed by atoms with van der Waals surface area (Å²) in [4.78, 5) is 9.96. The Hall–Kier alpha value is -0.410. The smallest absolute Gasteiger partial charge is 0.136 e. The molecule has 3 heteroatoms. The maximum absolute atomic E-state index is 9.96. The monoisotopic (exact) mass is 131 g/mol. The Labute approximate surface area is 55.4 Å². The third-order valence-electron chi connectivity index (χ3n) is 1.21. The minimum atomic E-state index is -0.253. The van der Waals surface area contributed by atoms with E-state index in [1.807, 2.05) is 0 Å². The van der Waals surface area contributed by atoms with Crippen molar-refractivity contribution in [3.63, 3.8) is 0 Å². The molecule has 54 valence electrons. The van der Waals surface area contributed by atoms with Crippen molar-refractivity contribution in [3.05, 3.63) is 0 Å². The van der Waals surface area contributed by atoms with Crippen LogP contribution < -0.4 is 11.5 Å². The van der Waals surface area contributed by atoms with Crippen LogP contribution in [-0.2, 0) is 4.79 Å². The van der Waals surface area contributed by atoms with Gasteiger partial charge in [-0.05, 0) is 19.3 Å². The number of rotatable bonds is 5. The van der Waals surface area contributed by atoms with E-state index in [-0.39, 0.29) is 6.04 Å². The minimum Gasteiger partial charge on any atom is -0.358 e. The first-order valence-corrected chi connectivity index (χ1v) is 3.31. The highest BCUT2D eigenvalue weighted by Gasteiger charge is 1.97. The summed E-state index contributed by atoms with van der Waals surface area (Å²) in [6.45, 7) is 0.936. The van der Waals surface area contributed by atoms with Gasteiger partial charge in [-0.25, -0.2) is 0 Å². The van der Waals surface area contributed by atoms with E-state index in [0.717, 1.165) is 32.1 Å². The number of carbonyl (C=O) groups is 1. The molecule has 3 nitrogen and oxygen atoms in total. The molecule has 0 aromatic carbocycles. The van der Waals surface area contributed by atoms with Gasteiger partial charge < -0.3 is 16.3 Å². The Morgan fingerprint density at radius 2 is 2.22 bits per heavy atom. The highest BCUT2D eigenvalue weighted by atomic mass is 16.1. The Morgan fingerprint density at radius 1 is 1.56 bits per heavy atom. The molecule has 9 heavy (non-hydrogen) atoms. The number of hydrogen-bond acceptors (Lipinski definition) is 2. The molecule has 5 N–H and O–H groups in total. The summed E-state index contributed by atoms with van der Waals surface area (Å²) in [5.74, 6) is 0. The maximum Gasteiger partial charge on any atom is 0.136 e. The molecule has 1 unspecified atom stereocenters. The standard InChI is InChI=1S/C6H14N2O/c7-4-2-1-3-6(8)5-9/h5-6H,1-4,7-8H2/p+1.